The Morgan fingerprint density at radius 2 is 1.76 bits per heavy atom. The van der Waals surface area contributed by atoms with Gasteiger partial charge in [-0.2, -0.15) is 4.98 Å². The van der Waals surface area contributed by atoms with E-state index in [1.165, 1.54) is 23.9 Å². The Kier molecular flexibility index (Phi) is 6.09. The summed E-state index contributed by atoms with van der Waals surface area (Å²) in [6.07, 6.45) is 0. The third kappa shape index (κ3) is 4.55. The summed E-state index contributed by atoms with van der Waals surface area (Å²) in [5, 5.41) is 5.07. The second-order valence-electron chi connectivity index (χ2n) is 7.46. The molecular weight excluding hydrogens is 455 g/mol. The molecule has 7 nitrogen and oxygen atoms in total. The Balaban J connectivity index is 1.44. The summed E-state index contributed by atoms with van der Waals surface area (Å²) in [5.74, 6) is 1.48. The van der Waals surface area contributed by atoms with E-state index in [1.807, 2.05) is 42.5 Å². The second-order valence-corrected chi connectivity index (χ2v) is 8.40. The molecule has 0 saturated carbocycles. The number of hydrogen-bond acceptors (Lipinski definition) is 7. The lowest BCUT2D eigenvalue weighted by Gasteiger charge is -2.13. The van der Waals surface area contributed by atoms with Crippen molar-refractivity contribution in [3.8, 4) is 17.1 Å². The van der Waals surface area contributed by atoms with Crippen LogP contribution >= 0.6 is 11.8 Å². The number of hydrogen-bond donors (Lipinski definition) is 0. The first-order chi connectivity index (χ1) is 16.6. The highest BCUT2D eigenvalue weighted by molar-refractivity contribution is 7.98. The van der Waals surface area contributed by atoms with Gasteiger partial charge in [-0.05, 0) is 54.1 Å². The van der Waals surface area contributed by atoms with Gasteiger partial charge in [0, 0.05) is 5.56 Å². The number of para-hydroxylation sites is 1. The monoisotopic (exact) mass is 474 g/mol. The predicted octanol–water partition coefficient (Wildman–Crippen LogP) is 4.93. The fourth-order valence-electron chi connectivity index (χ4n) is 3.47. The molecule has 2 heterocycles. The lowest BCUT2D eigenvalue weighted by molar-refractivity contribution is 0.391. The molecule has 0 saturated heterocycles. The van der Waals surface area contributed by atoms with Crippen molar-refractivity contribution in [1.82, 2.24) is 19.7 Å². The molecule has 0 atom stereocenters. The summed E-state index contributed by atoms with van der Waals surface area (Å²) in [5.41, 5.74) is 2.10. The highest BCUT2D eigenvalue weighted by Gasteiger charge is 2.15. The number of nitrogens with zero attached hydrogens (tertiary/aromatic N) is 4. The molecule has 0 unspecified atom stereocenters. The topological polar surface area (TPSA) is 83.0 Å². The van der Waals surface area contributed by atoms with Crippen LogP contribution < -0.4 is 10.3 Å². The summed E-state index contributed by atoms with van der Waals surface area (Å²) < 4.78 is 25.4. The number of fused-ring (bicyclic) bond motifs is 1. The lowest BCUT2D eigenvalue weighted by atomic mass is 10.2. The Morgan fingerprint density at radius 3 is 2.53 bits per heavy atom. The summed E-state index contributed by atoms with van der Waals surface area (Å²) >= 11 is 1.34. The minimum atomic E-state index is -0.333. The van der Waals surface area contributed by atoms with Gasteiger partial charge in [-0.3, -0.25) is 9.36 Å². The smallest absolute Gasteiger partial charge is 0.262 e. The van der Waals surface area contributed by atoms with Gasteiger partial charge in [0.2, 0.25) is 11.7 Å². The average Bonchev–Trinajstić information content (AvgIpc) is 3.34. The fraction of sp³-hybridized carbons (Fsp3) is 0.120. The first-order valence-corrected chi connectivity index (χ1v) is 11.4. The van der Waals surface area contributed by atoms with Crippen LogP contribution in [0.5, 0.6) is 5.75 Å². The van der Waals surface area contributed by atoms with Crippen molar-refractivity contribution < 1.29 is 13.7 Å². The van der Waals surface area contributed by atoms with Crippen LogP contribution in [-0.4, -0.2) is 26.8 Å². The summed E-state index contributed by atoms with van der Waals surface area (Å²) in [7, 11) is 1.61. The van der Waals surface area contributed by atoms with Crippen LogP contribution in [-0.2, 0) is 12.3 Å². The maximum atomic E-state index is 13.3. The Hall–Kier alpha value is -3.98. The Morgan fingerprint density at radius 1 is 1.00 bits per heavy atom. The molecule has 9 heteroatoms. The standard InChI is InChI=1S/C25H19FN4O3S/c1-32-19-12-6-16(7-13-19)14-30-24(31)20-4-2-3-5-21(20)27-25(30)34-15-22-28-23(29-33-22)17-8-10-18(26)11-9-17/h2-13H,14-15H2,1H3. The zero-order chi connectivity index (χ0) is 23.5. The molecule has 2 aromatic heterocycles. The number of thioether (sulfide) groups is 1. The van der Waals surface area contributed by atoms with E-state index >= 15 is 0 Å². The third-order valence-electron chi connectivity index (χ3n) is 5.22. The van der Waals surface area contributed by atoms with Gasteiger partial charge in [0.25, 0.3) is 5.56 Å². The molecule has 0 bridgehead atoms. The van der Waals surface area contributed by atoms with Crippen LogP contribution in [0.2, 0.25) is 0 Å². The van der Waals surface area contributed by atoms with E-state index in [9.17, 15) is 9.18 Å². The zero-order valence-corrected chi connectivity index (χ0v) is 19.0. The number of aromatic nitrogens is 4. The number of halogens is 1. The number of methoxy groups -OCH3 is 1. The summed E-state index contributed by atoms with van der Waals surface area (Å²) in [6, 6.07) is 20.7. The van der Waals surface area contributed by atoms with Crippen molar-refractivity contribution in [1.29, 1.82) is 0 Å². The molecular formula is C25H19FN4O3S. The molecule has 170 valence electrons. The number of rotatable bonds is 7. The number of benzene rings is 3. The van der Waals surface area contributed by atoms with E-state index in [-0.39, 0.29) is 11.4 Å². The maximum absolute atomic E-state index is 13.3. The lowest BCUT2D eigenvalue weighted by Crippen LogP contribution is -2.24. The molecule has 5 rings (SSSR count). The molecule has 0 aliphatic rings. The van der Waals surface area contributed by atoms with Gasteiger partial charge < -0.3 is 9.26 Å². The third-order valence-corrected chi connectivity index (χ3v) is 6.18. The molecule has 0 aliphatic heterocycles. The highest BCUT2D eigenvalue weighted by Crippen LogP contribution is 2.24. The van der Waals surface area contributed by atoms with Crippen LogP contribution in [0.4, 0.5) is 4.39 Å². The minimum Gasteiger partial charge on any atom is -0.497 e. The van der Waals surface area contributed by atoms with Crippen LogP contribution in [0, 0.1) is 5.82 Å². The van der Waals surface area contributed by atoms with Crippen molar-refractivity contribution >= 4 is 22.7 Å². The average molecular weight is 475 g/mol. The maximum Gasteiger partial charge on any atom is 0.262 e. The summed E-state index contributed by atoms with van der Waals surface area (Å²) in [6.45, 7) is 0.355. The quantitative estimate of drug-likeness (QED) is 0.244. The van der Waals surface area contributed by atoms with Crippen molar-refractivity contribution in [2.45, 2.75) is 17.5 Å². The van der Waals surface area contributed by atoms with E-state index in [0.29, 0.717) is 45.6 Å². The zero-order valence-electron chi connectivity index (χ0n) is 18.1. The molecule has 3 aromatic carbocycles. The van der Waals surface area contributed by atoms with E-state index in [2.05, 4.69) is 10.1 Å². The van der Waals surface area contributed by atoms with Crippen LogP contribution in [0.3, 0.4) is 0 Å². The van der Waals surface area contributed by atoms with Gasteiger partial charge in [0.15, 0.2) is 5.16 Å². The van der Waals surface area contributed by atoms with E-state index in [0.717, 1.165) is 11.3 Å². The molecule has 0 amide bonds. The van der Waals surface area contributed by atoms with Gasteiger partial charge in [0.05, 0.1) is 30.3 Å². The van der Waals surface area contributed by atoms with Crippen LogP contribution in [0.1, 0.15) is 11.5 Å². The molecule has 0 fully saturated rings. The molecule has 5 aromatic rings. The highest BCUT2D eigenvalue weighted by atomic mass is 32.2. The minimum absolute atomic E-state index is 0.124. The van der Waals surface area contributed by atoms with Crippen molar-refractivity contribution in [2.75, 3.05) is 7.11 Å². The van der Waals surface area contributed by atoms with Crippen LogP contribution in [0.15, 0.2) is 87.3 Å². The van der Waals surface area contributed by atoms with Gasteiger partial charge in [-0.25, -0.2) is 9.37 Å². The largest absolute Gasteiger partial charge is 0.497 e. The van der Waals surface area contributed by atoms with Crippen LogP contribution in [0.25, 0.3) is 22.3 Å². The van der Waals surface area contributed by atoms with Gasteiger partial charge in [-0.1, -0.05) is 41.2 Å². The molecule has 0 spiro atoms. The first-order valence-electron chi connectivity index (χ1n) is 10.4. The van der Waals surface area contributed by atoms with E-state index in [4.69, 9.17) is 14.2 Å². The molecule has 0 radical (unpaired) electrons. The van der Waals surface area contributed by atoms with Gasteiger partial charge >= 0.3 is 0 Å². The van der Waals surface area contributed by atoms with Crippen molar-refractivity contribution in [3.05, 3.63) is 100 Å². The van der Waals surface area contributed by atoms with Crippen molar-refractivity contribution in [3.63, 3.8) is 0 Å². The fourth-order valence-corrected chi connectivity index (χ4v) is 4.30. The second kappa shape index (κ2) is 9.48. The number of ether oxygens (including phenoxy) is 1. The Labute approximate surface area is 198 Å². The Bertz CT molecular complexity index is 1500. The predicted molar refractivity (Wildman–Crippen MR) is 127 cm³/mol. The van der Waals surface area contributed by atoms with E-state index in [1.54, 1.807) is 29.9 Å². The SMILES string of the molecule is COc1ccc(Cn2c(SCc3nc(-c4ccc(F)cc4)no3)nc3ccccc3c2=O)cc1. The molecule has 34 heavy (non-hydrogen) atoms. The van der Waals surface area contributed by atoms with Gasteiger partial charge in [0.1, 0.15) is 11.6 Å². The first kappa shape index (κ1) is 21.8. The van der Waals surface area contributed by atoms with Gasteiger partial charge in [-0.15, -0.1) is 0 Å². The van der Waals surface area contributed by atoms with Crippen molar-refractivity contribution in [2.24, 2.45) is 0 Å². The normalized spacial score (nSPS) is 11.1. The molecule has 0 aliphatic carbocycles. The van der Waals surface area contributed by atoms with E-state index < -0.39 is 0 Å². The molecule has 0 N–H and O–H groups in total. The summed E-state index contributed by atoms with van der Waals surface area (Å²) in [4.78, 5) is 22.4.